The van der Waals surface area contributed by atoms with Crippen molar-refractivity contribution in [2.45, 2.75) is 0 Å². The SMILES string of the molecule is COc1ccc2c(-c3cccc4ccccc34)c(C(=O)N3CCOCC3)ccc2n1. The van der Waals surface area contributed by atoms with Crippen molar-refractivity contribution in [3.63, 3.8) is 0 Å². The molecule has 1 aromatic heterocycles. The second-order valence-corrected chi connectivity index (χ2v) is 7.34. The average Bonchev–Trinajstić information content (AvgIpc) is 2.82. The van der Waals surface area contributed by atoms with Crippen molar-refractivity contribution in [2.75, 3.05) is 33.4 Å². The van der Waals surface area contributed by atoms with Crippen LogP contribution in [0.2, 0.25) is 0 Å². The lowest BCUT2D eigenvalue weighted by Crippen LogP contribution is -2.40. The number of hydrogen-bond acceptors (Lipinski definition) is 4. The van der Waals surface area contributed by atoms with Gasteiger partial charge in [-0.05, 0) is 34.5 Å². The fraction of sp³-hybridized carbons (Fsp3) is 0.200. The van der Waals surface area contributed by atoms with E-state index in [0.29, 0.717) is 37.7 Å². The van der Waals surface area contributed by atoms with E-state index in [2.05, 4.69) is 29.2 Å². The lowest BCUT2D eigenvalue weighted by atomic mass is 9.90. The van der Waals surface area contributed by atoms with Crippen LogP contribution in [-0.4, -0.2) is 49.2 Å². The number of rotatable bonds is 3. The summed E-state index contributed by atoms with van der Waals surface area (Å²) in [6.07, 6.45) is 0. The summed E-state index contributed by atoms with van der Waals surface area (Å²) in [6.45, 7) is 2.35. The quantitative estimate of drug-likeness (QED) is 0.509. The summed E-state index contributed by atoms with van der Waals surface area (Å²) in [4.78, 5) is 20.0. The molecule has 0 atom stereocenters. The van der Waals surface area contributed by atoms with Crippen LogP contribution >= 0.6 is 0 Å². The summed E-state index contributed by atoms with van der Waals surface area (Å²) in [5, 5.41) is 3.18. The lowest BCUT2D eigenvalue weighted by Gasteiger charge is -2.28. The Morgan fingerprint density at radius 2 is 1.73 bits per heavy atom. The smallest absolute Gasteiger partial charge is 0.254 e. The fourth-order valence-corrected chi connectivity index (χ4v) is 4.15. The number of ether oxygens (including phenoxy) is 2. The van der Waals surface area contributed by atoms with Gasteiger partial charge in [-0.3, -0.25) is 4.79 Å². The number of carbonyl (C=O) groups excluding carboxylic acids is 1. The number of methoxy groups -OCH3 is 1. The molecule has 0 N–H and O–H groups in total. The second kappa shape index (κ2) is 7.76. The van der Waals surface area contributed by atoms with Crippen molar-refractivity contribution >= 4 is 27.6 Å². The zero-order valence-corrected chi connectivity index (χ0v) is 16.8. The second-order valence-electron chi connectivity index (χ2n) is 7.34. The Labute approximate surface area is 174 Å². The maximum atomic E-state index is 13.5. The Kier molecular flexibility index (Phi) is 4.81. The monoisotopic (exact) mass is 398 g/mol. The van der Waals surface area contributed by atoms with Gasteiger partial charge in [0.15, 0.2) is 0 Å². The number of amides is 1. The van der Waals surface area contributed by atoms with Gasteiger partial charge in [0.1, 0.15) is 0 Å². The van der Waals surface area contributed by atoms with Crippen molar-refractivity contribution in [1.29, 1.82) is 0 Å². The van der Waals surface area contributed by atoms with Crippen LogP contribution in [0.5, 0.6) is 5.88 Å². The molecule has 0 aliphatic carbocycles. The van der Waals surface area contributed by atoms with Gasteiger partial charge in [0, 0.05) is 35.7 Å². The molecule has 0 unspecified atom stereocenters. The number of fused-ring (bicyclic) bond motifs is 2. The summed E-state index contributed by atoms with van der Waals surface area (Å²) in [7, 11) is 1.61. The third kappa shape index (κ3) is 3.17. The molecule has 1 aliphatic heterocycles. The van der Waals surface area contributed by atoms with Crippen LogP contribution in [0.15, 0.2) is 66.7 Å². The van der Waals surface area contributed by atoms with Crippen LogP contribution in [0.1, 0.15) is 10.4 Å². The first-order valence-corrected chi connectivity index (χ1v) is 10.1. The average molecular weight is 398 g/mol. The van der Waals surface area contributed by atoms with E-state index < -0.39 is 0 Å². The highest BCUT2D eigenvalue weighted by atomic mass is 16.5. The van der Waals surface area contributed by atoms with E-state index in [1.165, 1.54) is 0 Å². The molecule has 5 rings (SSSR count). The molecule has 1 saturated heterocycles. The Balaban J connectivity index is 1.79. The first kappa shape index (κ1) is 18.6. The van der Waals surface area contributed by atoms with Gasteiger partial charge in [-0.15, -0.1) is 0 Å². The molecule has 1 amide bonds. The van der Waals surface area contributed by atoms with E-state index in [4.69, 9.17) is 9.47 Å². The van der Waals surface area contributed by atoms with E-state index in [1.807, 2.05) is 47.4 Å². The minimum absolute atomic E-state index is 0.0268. The highest BCUT2D eigenvalue weighted by Crippen LogP contribution is 2.37. The summed E-state index contributed by atoms with van der Waals surface area (Å²) in [5.41, 5.74) is 3.43. The Hall–Kier alpha value is -3.44. The molecule has 0 radical (unpaired) electrons. The van der Waals surface area contributed by atoms with Crippen LogP contribution in [0, 0.1) is 0 Å². The predicted molar refractivity (Wildman–Crippen MR) is 118 cm³/mol. The van der Waals surface area contributed by atoms with Crippen LogP contribution in [0.4, 0.5) is 0 Å². The number of hydrogen-bond donors (Lipinski definition) is 0. The van der Waals surface area contributed by atoms with Crippen molar-refractivity contribution in [3.05, 3.63) is 72.3 Å². The Morgan fingerprint density at radius 1 is 0.933 bits per heavy atom. The van der Waals surface area contributed by atoms with Gasteiger partial charge in [-0.1, -0.05) is 42.5 Å². The maximum Gasteiger partial charge on any atom is 0.254 e. The van der Waals surface area contributed by atoms with Crippen LogP contribution in [0.25, 0.3) is 32.8 Å². The summed E-state index contributed by atoms with van der Waals surface area (Å²) >= 11 is 0. The maximum absolute atomic E-state index is 13.5. The highest BCUT2D eigenvalue weighted by molar-refractivity contribution is 6.13. The molecule has 2 heterocycles. The van der Waals surface area contributed by atoms with Gasteiger partial charge in [-0.2, -0.15) is 0 Å². The third-order valence-corrected chi connectivity index (χ3v) is 5.64. The van der Waals surface area contributed by atoms with Crippen molar-refractivity contribution in [3.8, 4) is 17.0 Å². The number of carbonyl (C=O) groups is 1. The summed E-state index contributed by atoms with van der Waals surface area (Å²) in [5.74, 6) is 0.581. The fourth-order valence-electron chi connectivity index (χ4n) is 4.15. The van der Waals surface area contributed by atoms with Gasteiger partial charge >= 0.3 is 0 Å². The number of pyridine rings is 1. The zero-order valence-electron chi connectivity index (χ0n) is 16.8. The number of morpholine rings is 1. The summed E-state index contributed by atoms with van der Waals surface area (Å²) in [6, 6.07) is 22.1. The molecule has 150 valence electrons. The van der Waals surface area contributed by atoms with Gasteiger partial charge in [0.05, 0.1) is 25.8 Å². The third-order valence-electron chi connectivity index (χ3n) is 5.64. The molecule has 3 aromatic carbocycles. The highest BCUT2D eigenvalue weighted by Gasteiger charge is 2.24. The van der Waals surface area contributed by atoms with Crippen LogP contribution in [0.3, 0.4) is 0 Å². The molecular formula is C25H22N2O3. The van der Waals surface area contributed by atoms with Crippen molar-refractivity contribution < 1.29 is 14.3 Å². The van der Waals surface area contributed by atoms with E-state index >= 15 is 0 Å². The molecule has 30 heavy (non-hydrogen) atoms. The number of aromatic nitrogens is 1. The molecule has 5 nitrogen and oxygen atoms in total. The largest absolute Gasteiger partial charge is 0.481 e. The lowest BCUT2D eigenvalue weighted by molar-refractivity contribution is 0.0303. The van der Waals surface area contributed by atoms with Gasteiger partial charge < -0.3 is 14.4 Å². The van der Waals surface area contributed by atoms with Gasteiger partial charge in [0.2, 0.25) is 5.88 Å². The van der Waals surface area contributed by atoms with Crippen molar-refractivity contribution in [2.24, 2.45) is 0 Å². The van der Waals surface area contributed by atoms with E-state index in [-0.39, 0.29) is 5.91 Å². The molecule has 0 spiro atoms. The Morgan fingerprint density at radius 3 is 2.57 bits per heavy atom. The molecule has 0 bridgehead atoms. The normalized spacial score (nSPS) is 14.2. The molecule has 4 aromatic rings. The van der Waals surface area contributed by atoms with E-state index in [0.717, 1.165) is 32.8 Å². The van der Waals surface area contributed by atoms with E-state index in [9.17, 15) is 4.79 Å². The first-order chi connectivity index (χ1) is 14.8. The minimum Gasteiger partial charge on any atom is -0.481 e. The van der Waals surface area contributed by atoms with Crippen LogP contribution in [-0.2, 0) is 4.74 Å². The minimum atomic E-state index is 0.0268. The Bertz CT molecular complexity index is 1240. The van der Waals surface area contributed by atoms with Gasteiger partial charge in [-0.25, -0.2) is 4.98 Å². The van der Waals surface area contributed by atoms with E-state index in [1.54, 1.807) is 7.11 Å². The topological polar surface area (TPSA) is 51.7 Å². The standard InChI is InChI=1S/C25H22N2O3/c1-29-23-12-10-20-22(26-23)11-9-21(25(28)27-13-15-30-16-14-27)24(20)19-8-4-6-17-5-2-3-7-18(17)19/h2-12H,13-16H2,1H3. The predicted octanol–water partition coefficient (Wildman–Crippen LogP) is 4.54. The summed E-state index contributed by atoms with van der Waals surface area (Å²) < 4.78 is 10.7. The zero-order chi connectivity index (χ0) is 20.5. The molecule has 1 aliphatic rings. The molecule has 5 heteroatoms. The number of benzene rings is 3. The number of nitrogens with zero attached hydrogens (tertiary/aromatic N) is 2. The first-order valence-electron chi connectivity index (χ1n) is 10.1. The van der Waals surface area contributed by atoms with Crippen LogP contribution < -0.4 is 4.74 Å². The molecule has 0 saturated carbocycles. The molecular weight excluding hydrogens is 376 g/mol. The van der Waals surface area contributed by atoms with Gasteiger partial charge in [0.25, 0.3) is 5.91 Å². The van der Waals surface area contributed by atoms with Crippen molar-refractivity contribution in [1.82, 2.24) is 9.88 Å². The molecule has 1 fully saturated rings.